The Morgan fingerprint density at radius 3 is 1.77 bits per heavy atom. The fourth-order valence-corrected chi connectivity index (χ4v) is 7.36. The molecule has 0 saturated heterocycles. The van der Waals surface area contributed by atoms with E-state index in [0.29, 0.717) is 12.0 Å². The monoisotopic (exact) mass is 650 g/mol. The zero-order valence-corrected chi connectivity index (χ0v) is 30.2. The molecule has 0 aliphatic heterocycles. The summed E-state index contributed by atoms with van der Waals surface area (Å²) in [6.45, 7) is 11.1. The summed E-state index contributed by atoms with van der Waals surface area (Å²) in [7, 11) is 1.78. The number of ketones is 1. The van der Waals surface area contributed by atoms with Gasteiger partial charge >= 0.3 is 5.97 Å². The van der Waals surface area contributed by atoms with Gasteiger partial charge in [0.1, 0.15) is 0 Å². The van der Waals surface area contributed by atoms with Gasteiger partial charge in [-0.3, -0.25) is 19.4 Å². The molecule has 6 nitrogen and oxygen atoms in total. The molecule has 0 fully saturated rings. The van der Waals surface area contributed by atoms with Crippen LogP contribution in [0.25, 0.3) is 11.1 Å². The average molecular weight is 651 g/mol. The summed E-state index contributed by atoms with van der Waals surface area (Å²) < 4.78 is 0. The lowest BCUT2D eigenvalue weighted by Gasteiger charge is -2.33. The number of carbonyl (C=O) groups excluding carboxylic acids is 3. The van der Waals surface area contributed by atoms with Gasteiger partial charge in [0, 0.05) is 49.6 Å². The molecule has 1 aliphatic carbocycles. The highest BCUT2D eigenvalue weighted by Crippen LogP contribution is 2.55. The topological polar surface area (TPSA) is 76.0 Å². The van der Waals surface area contributed by atoms with Crippen LogP contribution in [0.2, 0.25) is 0 Å². The molecule has 0 N–H and O–H groups in total. The number of aliphatic imine (C=N–C) groups is 1. The van der Waals surface area contributed by atoms with E-state index in [0.717, 1.165) is 53.1 Å². The Balaban J connectivity index is 1.82. The van der Waals surface area contributed by atoms with Gasteiger partial charge in [0.05, 0.1) is 6.04 Å². The van der Waals surface area contributed by atoms with Crippen molar-refractivity contribution in [3.8, 4) is 11.1 Å². The number of aryl methyl sites for hydroxylation is 1. The van der Waals surface area contributed by atoms with E-state index < -0.39 is 12.0 Å². The lowest BCUT2D eigenvalue weighted by atomic mass is 9.70. The molecule has 6 heteroatoms. The Morgan fingerprint density at radius 2 is 1.27 bits per heavy atom. The summed E-state index contributed by atoms with van der Waals surface area (Å²) in [5.41, 5.74) is 9.21. The molecule has 3 aromatic carbocycles. The minimum Gasteiger partial charge on any atom is -0.338 e. The van der Waals surface area contributed by atoms with E-state index in [1.165, 1.54) is 74.6 Å². The zero-order valence-electron chi connectivity index (χ0n) is 30.2. The number of carbonyl (C=O) groups is 3. The molecular formula is C42H54N2O4. The molecule has 1 aliphatic rings. The third-order valence-corrected chi connectivity index (χ3v) is 9.88. The second-order valence-corrected chi connectivity index (χ2v) is 13.6. The van der Waals surface area contributed by atoms with Crippen LogP contribution in [0.15, 0.2) is 65.7 Å². The summed E-state index contributed by atoms with van der Waals surface area (Å²) in [5.74, 6) is -0.803. The molecule has 48 heavy (non-hydrogen) atoms. The second kappa shape index (κ2) is 16.9. The van der Waals surface area contributed by atoms with Crippen molar-refractivity contribution in [1.82, 2.24) is 5.06 Å². The highest BCUT2D eigenvalue weighted by atomic mass is 16.7. The number of hydrogen-bond acceptors (Lipinski definition) is 5. The molecule has 1 amide bonds. The van der Waals surface area contributed by atoms with Crippen molar-refractivity contribution in [2.24, 2.45) is 4.99 Å². The summed E-state index contributed by atoms with van der Waals surface area (Å²) in [6.07, 6.45) is 11.8. The Labute approximate surface area is 288 Å². The van der Waals surface area contributed by atoms with Gasteiger partial charge in [-0.2, -0.15) is 5.06 Å². The Morgan fingerprint density at radius 1 is 0.750 bits per heavy atom. The highest BCUT2D eigenvalue weighted by molar-refractivity contribution is 6.09. The summed E-state index contributed by atoms with van der Waals surface area (Å²) >= 11 is 0. The molecule has 0 saturated carbocycles. The van der Waals surface area contributed by atoms with E-state index in [9.17, 15) is 14.4 Å². The minimum absolute atomic E-state index is 0.0532. The van der Waals surface area contributed by atoms with Crippen molar-refractivity contribution >= 4 is 23.4 Å². The number of rotatable bonds is 16. The van der Waals surface area contributed by atoms with Crippen LogP contribution in [0.5, 0.6) is 0 Å². The number of hydrogen-bond donors (Lipinski definition) is 0. The van der Waals surface area contributed by atoms with Gasteiger partial charge in [0.25, 0.3) is 5.91 Å². The highest BCUT2D eigenvalue weighted by Gasteiger charge is 2.43. The first-order chi connectivity index (χ1) is 23.1. The average Bonchev–Trinajstić information content (AvgIpc) is 3.34. The van der Waals surface area contributed by atoms with Crippen molar-refractivity contribution in [1.29, 1.82) is 0 Å². The standard InChI is InChI=1S/C42H54N2O4/c1-8-10-12-14-24-42(25-15-13-11-9-2)38-27-34(40(43-7)26-30(4)44(31(5)45)48-32(6)46)20-22-36(38)37-23-21-35(28-39(37)42)41(47)33-18-16-29(3)17-19-33/h16-23,27-28,30H,8-15,24-26H2,1-7H3/b43-40-. The molecule has 0 spiro atoms. The fourth-order valence-electron chi connectivity index (χ4n) is 7.36. The van der Waals surface area contributed by atoms with Crippen molar-refractivity contribution in [3.63, 3.8) is 0 Å². The number of hydroxylamine groups is 2. The van der Waals surface area contributed by atoms with Gasteiger partial charge in [-0.25, -0.2) is 0 Å². The van der Waals surface area contributed by atoms with Gasteiger partial charge in [-0.05, 0) is 66.6 Å². The maximum absolute atomic E-state index is 13.8. The number of amides is 1. The predicted molar refractivity (Wildman–Crippen MR) is 196 cm³/mol. The van der Waals surface area contributed by atoms with E-state index in [2.05, 4.69) is 49.2 Å². The first-order valence-corrected chi connectivity index (χ1v) is 17.9. The first kappa shape index (κ1) is 36.8. The zero-order chi connectivity index (χ0) is 34.8. The third-order valence-electron chi connectivity index (χ3n) is 9.88. The molecule has 0 heterocycles. The van der Waals surface area contributed by atoms with Crippen LogP contribution in [-0.4, -0.2) is 41.5 Å². The van der Waals surface area contributed by atoms with Gasteiger partial charge in [-0.15, -0.1) is 0 Å². The van der Waals surface area contributed by atoms with E-state index in [1.54, 1.807) is 7.05 Å². The van der Waals surface area contributed by atoms with E-state index >= 15 is 0 Å². The minimum atomic E-state index is -0.529. The summed E-state index contributed by atoms with van der Waals surface area (Å²) in [5, 5.41) is 1.15. The van der Waals surface area contributed by atoms with Crippen molar-refractivity contribution < 1.29 is 19.2 Å². The van der Waals surface area contributed by atoms with Crippen molar-refractivity contribution in [2.45, 2.75) is 124 Å². The second-order valence-electron chi connectivity index (χ2n) is 13.6. The molecule has 4 rings (SSSR count). The molecule has 3 aromatic rings. The molecule has 256 valence electrons. The van der Waals surface area contributed by atoms with Gasteiger partial charge in [0.2, 0.25) is 0 Å². The maximum atomic E-state index is 13.8. The Bertz CT molecular complexity index is 1610. The molecule has 1 atom stereocenters. The van der Waals surface area contributed by atoms with E-state index in [4.69, 9.17) is 4.84 Å². The molecule has 0 bridgehead atoms. The van der Waals surface area contributed by atoms with Crippen LogP contribution in [0, 0.1) is 6.92 Å². The normalized spacial score (nSPS) is 13.9. The number of nitrogens with zero attached hydrogens (tertiary/aromatic N) is 2. The smallest absolute Gasteiger partial charge is 0.329 e. The number of fused-ring (bicyclic) bond motifs is 3. The quantitative estimate of drug-likeness (QED) is 0.0669. The maximum Gasteiger partial charge on any atom is 0.329 e. The lowest BCUT2D eigenvalue weighted by Crippen LogP contribution is -2.39. The van der Waals surface area contributed by atoms with Crippen LogP contribution in [-0.2, 0) is 19.8 Å². The van der Waals surface area contributed by atoms with Crippen LogP contribution < -0.4 is 0 Å². The van der Waals surface area contributed by atoms with E-state index in [-0.39, 0.29) is 17.1 Å². The van der Waals surface area contributed by atoms with Crippen molar-refractivity contribution in [3.05, 3.63) is 94.0 Å². The van der Waals surface area contributed by atoms with Gasteiger partial charge < -0.3 is 4.84 Å². The van der Waals surface area contributed by atoms with Gasteiger partial charge in [-0.1, -0.05) is 119 Å². The summed E-state index contributed by atoms with van der Waals surface area (Å²) in [6, 6.07) is 20.5. The Hall–Kier alpha value is -4.06. The molecule has 0 aromatic heterocycles. The molecular weight excluding hydrogens is 596 g/mol. The van der Waals surface area contributed by atoms with Crippen LogP contribution >= 0.6 is 0 Å². The number of unbranched alkanes of at least 4 members (excludes halogenated alkanes) is 6. The number of benzene rings is 3. The first-order valence-electron chi connectivity index (χ1n) is 17.9. The largest absolute Gasteiger partial charge is 0.338 e. The third kappa shape index (κ3) is 8.32. The SMILES string of the molecule is CCCCCCC1(CCCCCC)c2cc(C(=O)c3ccc(C)cc3)ccc2-c2ccc(/C(CC(C)N(OC(C)=O)C(C)=O)=N\C)cc21. The lowest BCUT2D eigenvalue weighted by molar-refractivity contribution is -0.202. The van der Waals surface area contributed by atoms with Crippen LogP contribution in [0.1, 0.15) is 143 Å². The van der Waals surface area contributed by atoms with Crippen LogP contribution in [0.3, 0.4) is 0 Å². The van der Waals surface area contributed by atoms with Crippen LogP contribution in [0.4, 0.5) is 0 Å². The fraction of sp³-hybridized carbons (Fsp3) is 0.476. The molecule has 1 unspecified atom stereocenters. The van der Waals surface area contributed by atoms with E-state index in [1.807, 2.05) is 44.2 Å². The van der Waals surface area contributed by atoms with Gasteiger partial charge in [0.15, 0.2) is 5.78 Å². The van der Waals surface area contributed by atoms with Crippen molar-refractivity contribution in [2.75, 3.05) is 7.05 Å². The Kier molecular flexibility index (Phi) is 12.9. The molecule has 0 radical (unpaired) electrons. The predicted octanol–water partition coefficient (Wildman–Crippen LogP) is 9.96. The summed E-state index contributed by atoms with van der Waals surface area (Å²) in [4.78, 5) is 47.9.